The first kappa shape index (κ1) is 25.6. The number of rotatable bonds is 13. The van der Waals surface area contributed by atoms with Crippen molar-refractivity contribution in [3.8, 4) is 5.75 Å². The van der Waals surface area contributed by atoms with Gasteiger partial charge in [0.25, 0.3) is 5.91 Å². The monoisotopic (exact) mass is 465 g/mol. The van der Waals surface area contributed by atoms with E-state index in [-0.39, 0.29) is 24.4 Å². The van der Waals surface area contributed by atoms with Crippen LogP contribution >= 0.6 is 0 Å². The molecule has 6 nitrogen and oxygen atoms in total. The van der Waals surface area contributed by atoms with Crippen molar-refractivity contribution in [2.45, 2.75) is 77.2 Å². The lowest BCUT2D eigenvalue weighted by molar-refractivity contribution is -0.114. The third kappa shape index (κ3) is 9.08. The largest absolute Gasteiger partial charge is 0.494 e. The fourth-order valence-electron chi connectivity index (χ4n) is 4.21. The van der Waals surface area contributed by atoms with E-state index in [0.717, 1.165) is 37.3 Å². The Kier molecular flexibility index (Phi) is 10.8. The highest BCUT2D eigenvalue weighted by Crippen LogP contribution is 2.19. The van der Waals surface area contributed by atoms with Crippen LogP contribution in [0.3, 0.4) is 0 Å². The van der Waals surface area contributed by atoms with E-state index < -0.39 is 0 Å². The molecule has 1 aliphatic rings. The van der Waals surface area contributed by atoms with E-state index in [2.05, 4.69) is 22.9 Å². The Balaban J connectivity index is 1.39. The molecule has 34 heavy (non-hydrogen) atoms. The Hall–Kier alpha value is -3.02. The second-order valence-electron chi connectivity index (χ2n) is 9.08. The molecule has 0 aromatic heterocycles. The number of hydrogen-bond donors (Lipinski definition) is 3. The third-order valence-electron chi connectivity index (χ3n) is 6.17. The zero-order valence-electron chi connectivity index (χ0n) is 20.4. The molecule has 0 saturated heterocycles. The first-order valence-corrected chi connectivity index (χ1v) is 12.8. The van der Waals surface area contributed by atoms with E-state index in [0.29, 0.717) is 11.3 Å². The molecule has 0 heterocycles. The summed E-state index contributed by atoms with van der Waals surface area (Å²) >= 11 is 0. The minimum absolute atomic E-state index is 0.0793. The third-order valence-corrected chi connectivity index (χ3v) is 6.17. The second-order valence-corrected chi connectivity index (χ2v) is 9.08. The molecule has 3 rings (SSSR count). The molecule has 0 bridgehead atoms. The van der Waals surface area contributed by atoms with Gasteiger partial charge in [0, 0.05) is 23.0 Å². The quantitative estimate of drug-likeness (QED) is 0.310. The van der Waals surface area contributed by atoms with Crippen LogP contribution in [0.1, 0.15) is 81.5 Å². The lowest BCUT2D eigenvalue weighted by Crippen LogP contribution is -2.36. The van der Waals surface area contributed by atoms with E-state index in [1.807, 2.05) is 24.3 Å². The zero-order chi connectivity index (χ0) is 24.0. The average Bonchev–Trinajstić information content (AvgIpc) is 2.86. The summed E-state index contributed by atoms with van der Waals surface area (Å²) in [6.07, 6.45) is 11.8. The Morgan fingerprint density at radius 1 is 0.912 bits per heavy atom. The number of anilines is 2. The van der Waals surface area contributed by atoms with Gasteiger partial charge in [0.05, 0.1) is 13.2 Å². The minimum atomic E-state index is -0.169. The fraction of sp³-hybridized carbons (Fsp3) is 0.500. The molecular formula is C28H39N3O3. The highest BCUT2D eigenvalue weighted by molar-refractivity contribution is 5.98. The summed E-state index contributed by atoms with van der Waals surface area (Å²) in [6.45, 7) is 3.08. The maximum atomic E-state index is 12.6. The number of nitrogens with one attached hydrogen (secondary N) is 3. The molecule has 0 radical (unpaired) electrons. The van der Waals surface area contributed by atoms with Crippen LogP contribution in [0.5, 0.6) is 5.75 Å². The molecule has 0 spiro atoms. The predicted octanol–water partition coefficient (Wildman–Crippen LogP) is 6.15. The van der Waals surface area contributed by atoms with Gasteiger partial charge in [0.2, 0.25) is 5.91 Å². The number of carbonyl (C=O) groups excluding carboxylic acids is 2. The molecule has 2 aromatic rings. The van der Waals surface area contributed by atoms with Gasteiger partial charge in [-0.1, -0.05) is 57.9 Å². The number of carbonyl (C=O) groups is 2. The summed E-state index contributed by atoms with van der Waals surface area (Å²) in [6, 6.07) is 15.0. The topological polar surface area (TPSA) is 79.5 Å². The van der Waals surface area contributed by atoms with Gasteiger partial charge in [0.1, 0.15) is 5.75 Å². The maximum absolute atomic E-state index is 12.6. The van der Waals surface area contributed by atoms with Crippen molar-refractivity contribution in [1.82, 2.24) is 5.32 Å². The Morgan fingerprint density at radius 2 is 1.68 bits per heavy atom. The summed E-state index contributed by atoms with van der Waals surface area (Å²) in [5.41, 5.74) is 2.04. The molecule has 0 atom stereocenters. The van der Waals surface area contributed by atoms with Crippen LogP contribution in [0.25, 0.3) is 0 Å². The van der Waals surface area contributed by atoms with Crippen molar-refractivity contribution >= 4 is 23.2 Å². The van der Waals surface area contributed by atoms with Crippen molar-refractivity contribution in [2.75, 3.05) is 23.8 Å². The van der Waals surface area contributed by atoms with Gasteiger partial charge >= 0.3 is 0 Å². The maximum Gasteiger partial charge on any atom is 0.251 e. The molecule has 2 aromatic carbocycles. The van der Waals surface area contributed by atoms with Crippen LogP contribution < -0.4 is 20.7 Å². The van der Waals surface area contributed by atoms with Crippen molar-refractivity contribution in [3.05, 3.63) is 54.1 Å². The van der Waals surface area contributed by atoms with Crippen LogP contribution in [-0.4, -0.2) is 31.0 Å². The number of ether oxygens (including phenoxy) is 1. The van der Waals surface area contributed by atoms with Crippen molar-refractivity contribution < 1.29 is 14.3 Å². The van der Waals surface area contributed by atoms with Gasteiger partial charge in [0.15, 0.2) is 0 Å². The molecule has 1 saturated carbocycles. The van der Waals surface area contributed by atoms with Crippen LogP contribution in [0.4, 0.5) is 11.4 Å². The fourth-order valence-corrected chi connectivity index (χ4v) is 4.21. The first-order valence-electron chi connectivity index (χ1n) is 12.8. The van der Waals surface area contributed by atoms with Crippen LogP contribution in [-0.2, 0) is 4.79 Å². The van der Waals surface area contributed by atoms with Gasteiger partial charge in [-0.2, -0.15) is 0 Å². The molecular weight excluding hydrogens is 426 g/mol. The van der Waals surface area contributed by atoms with E-state index in [1.165, 1.54) is 44.9 Å². The number of benzene rings is 2. The van der Waals surface area contributed by atoms with Gasteiger partial charge in [-0.3, -0.25) is 9.59 Å². The molecule has 0 unspecified atom stereocenters. The predicted molar refractivity (Wildman–Crippen MR) is 139 cm³/mol. The molecule has 184 valence electrons. The molecule has 6 heteroatoms. The first-order chi connectivity index (χ1) is 16.6. The lowest BCUT2D eigenvalue weighted by Gasteiger charge is -2.22. The summed E-state index contributed by atoms with van der Waals surface area (Å²) in [7, 11) is 0. The molecule has 1 aliphatic carbocycles. The molecule has 2 amide bonds. The highest BCUT2D eigenvalue weighted by Gasteiger charge is 2.17. The second kappa shape index (κ2) is 14.3. The minimum Gasteiger partial charge on any atom is -0.494 e. The normalized spacial score (nSPS) is 13.8. The number of amides is 2. The highest BCUT2D eigenvalue weighted by atomic mass is 16.5. The summed E-state index contributed by atoms with van der Waals surface area (Å²) in [5, 5.41) is 9.11. The SMILES string of the molecule is CCCCCCCOc1ccc(NCC(=O)Nc2cccc(C(=O)NC3CCCCC3)c2)cc1. The smallest absolute Gasteiger partial charge is 0.251 e. The Morgan fingerprint density at radius 3 is 2.44 bits per heavy atom. The van der Waals surface area contributed by atoms with Crippen molar-refractivity contribution in [2.24, 2.45) is 0 Å². The zero-order valence-corrected chi connectivity index (χ0v) is 20.4. The van der Waals surface area contributed by atoms with Gasteiger partial charge in [-0.25, -0.2) is 0 Å². The number of hydrogen-bond acceptors (Lipinski definition) is 4. The number of unbranched alkanes of at least 4 members (excludes halogenated alkanes) is 4. The molecule has 1 fully saturated rings. The molecule has 0 aliphatic heterocycles. The Labute approximate surface area is 203 Å². The lowest BCUT2D eigenvalue weighted by atomic mass is 9.95. The Bertz CT molecular complexity index is 892. The van der Waals surface area contributed by atoms with Gasteiger partial charge in [-0.05, 0) is 61.7 Å². The summed E-state index contributed by atoms with van der Waals surface area (Å²) in [4.78, 5) is 25.0. The van der Waals surface area contributed by atoms with Crippen molar-refractivity contribution in [3.63, 3.8) is 0 Å². The van der Waals surface area contributed by atoms with E-state index in [4.69, 9.17) is 4.74 Å². The average molecular weight is 466 g/mol. The van der Waals surface area contributed by atoms with Crippen LogP contribution in [0, 0.1) is 0 Å². The standard InChI is InChI=1S/C28H39N3O3/c1-2-3-4-5-9-19-34-26-17-15-23(16-18-26)29-21-27(32)30-25-14-10-11-22(20-25)28(33)31-24-12-7-6-8-13-24/h10-11,14-18,20,24,29H,2-9,12-13,19,21H2,1H3,(H,30,32)(H,31,33). The van der Waals surface area contributed by atoms with Gasteiger partial charge < -0.3 is 20.7 Å². The summed E-state index contributed by atoms with van der Waals surface area (Å²) < 4.78 is 5.78. The van der Waals surface area contributed by atoms with Crippen LogP contribution in [0.15, 0.2) is 48.5 Å². The summed E-state index contributed by atoms with van der Waals surface area (Å²) in [5.74, 6) is 0.593. The van der Waals surface area contributed by atoms with E-state index in [9.17, 15) is 9.59 Å². The molecule has 3 N–H and O–H groups in total. The van der Waals surface area contributed by atoms with Crippen LogP contribution in [0.2, 0.25) is 0 Å². The van der Waals surface area contributed by atoms with E-state index in [1.54, 1.807) is 24.3 Å². The van der Waals surface area contributed by atoms with E-state index >= 15 is 0 Å². The van der Waals surface area contributed by atoms with Crippen molar-refractivity contribution in [1.29, 1.82) is 0 Å². The van der Waals surface area contributed by atoms with Gasteiger partial charge in [-0.15, -0.1) is 0 Å².